The molecule has 0 atom stereocenters. The third kappa shape index (κ3) is 3.28. The Morgan fingerprint density at radius 1 is 1.67 bits per heavy atom. The maximum atomic E-state index is 10.0. The summed E-state index contributed by atoms with van der Waals surface area (Å²) in [5.41, 5.74) is 0. The molecule has 0 radical (unpaired) electrons. The zero-order chi connectivity index (χ0) is 7.28. The van der Waals surface area contributed by atoms with E-state index in [2.05, 4.69) is 4.74 Å². The third-order valence-corrected chi connectivity index (χ3v) is 0.505. The van der Waals surface area contributed by atoms with E-state index in [0.29, 0.717) is 6.26 Å². The first-order valence-corrected chi connectivity index (χ1v) is 2.18. The summed E-state index contributed by atoms with van der Waals surface area (Å²) in [5.74, 6) is -1.02. The first kappa shape index (κ1) is 7.68. The molecule has 0 aliphatic heterocycles. The number of esters is 1. The van der Waals surface area contributed by atoms with Gasteiger partial charge < -0.3 is 9.84 Å². The minimum atomic E-state index is -0.637. The number of rotatable bonds is 2. The average Bonchev–Trinajstić information content (AvgIpc) is 1.82. The molecule has 0 bridgehead atoms. The molecule has 0 saturated carbocycles. The third-order valence-electron chi connectivity index (χ3n) is 0.505. The second-order valence-corrected chi connectivity index (χ2v) is 1.24. The number of hydrogen-bond acceptors (Lipinski definition) is 4. The Kier molecular flexibility index (Phi) is 3.12. The van der Waals surface area contributed by atoms with E-state index in [1.807, 2.05) is 0 Å². The molecule has 0 aromatic carbocycles. The number of carbonyl (C=O) groups excluding carboxylic acids is 2. The normalized spacial score (nSPS) is 10.6. The molecule has 0 spiro atoms. The van der Waals surface area contributed by atoms with Gasteiger partial charge in [0.2, 0.25) is 5.76 Å². The zero-order valence-corrected chi connectivity index (χ0v) is 4.83. The van der Waals surface area contributed by atoms with Crippen LogP contribution < -0.4 is 0 Å². The van der Waals surface area contributed by atoms with Crippen molar-refractivity contribution >= 4 is 12.3 Å². The molecule has 0 amide bonds. The summed E-state index contributed by atoms with van der Waals surface area (Å²) in [6.45, 7) is 1.13. The molecule has 0 heterocycles. The van der Waals surface area contributed by atoms with Gasteiger partial charge in [0.15, 0.2) is 6.29 Å². The maximum Gasteiger partial charge on any atom is 0.308 e. The highest BCUT2D eigenvalue weighted by Gasteiger charge is 1.97. The van der Waals surface area contributed by atoms with Crippen LogP contribution in [0.25, 0.3) is 0 Å². The van der Waals surface area contributed by atoms with Gasteiger partial charge in [0.1, 0.15) is 6.26 Å². The van der Waals surface area contributed by atoms with Crippen LogP contribution in [0.1, 0.15) is 6.92 Å². The van der Waals surface area contributed by atoms with Gasteiger partial charge in [0, 0.05) is 6.92 Å². The number of aliphatic hydroxyl groups is 1. The first-order chi connectivity index (χ1) is 4.20. The summed E-state index contributed by atoms with van der Waals surface area (Å²) in [6, 6.07) is 0. The molecular weight excluding hydrogens is 124 g/mol. The molecule has 0 fully saturated rings. The van der Waals surface area contributed by atoms with Gasteiger partial charge >= 0.3 is 5.97 Å². The fraction of sp³-hybridized carbons (Fsp3) is 0.200. The molecule has 0 aromatic heterocycles. The van der Waals surface area contributed by atoms with Gasteiger partial charge in [-0.3, -0.25) is 9.59 Å². The fourth-order valence-electron chi connectivity index (χ4n) is 0.247. The van der Waals surface area contributed by atoms with Crippen LogP contribution in [0.15, 0.2) is 12.0 Å². The van der Waals surface area contributed by atoms with Crippen LogP contribution >= 0.6 is 0 Å². The highest BCUT2D eigenvalue weighted by Crippen LogP contribution is 1.89. The minimum absolute atomic E-state index is 0.238. The van der Waals surface area contributed by atoms with Crippen molar-refractivity contribution in [1.82, 2.24) is 0 Å². The summed E-state index contributed by atoms with van der Waals surface area (Å²) in [5, 5.41) is 8.10. The van der Waals surface area contributed by atoms with E-state index >= 15 is 0 Å². The lowest BCUT2D eigenvalue weighted by molar-refractivity contribution is -0.138. The number of aliphatic hydroxyl groups excluding tert-OH is 1. The van der Waals surface area contributed by atoms with Crippen molar-refractivity contribution in [1.29, 1.82) is 0 Å². The van der Waals surface area contributed by atoms with Crippen LogP contribution in [0.4, 0.5) is 0 Å². The quantitative estimate of drug-likeness (QED) is 0.250. The molecule has 4 heteroatoms. The number of carbonyl (C=O) groups is 2. The average molecular weight is 130 g/mol. The lowest BCUT2D eigenvalue weighted by Crippen LogP contribution is -1.99. The van der Waals surface area contributed by atoms with Crippen LogP contribution in [0.2, 0.25) is 0 Å². The summed E-state index contributed by atoms with van der Waals surface area (Å²) in [7, 11) is 0. The Balaban J connectivity index is 3.86. The van der Waals surface area contributed by atoms with E-state index in [0.717, 1.165) is 6.92 Å². The topological polar surface area (TPSA) is 63.6 Å². The van der Waals surface area contributed by atoms with E-state index < -0.39 is 5.97 Å². The SMILES string of the molecule is CC(=O)O/C(C=O)=C\O. The molecular formula is C5H6O4. The molecule has 0 unspecified atom stereocenters. The number of allylic oxidation sites excluding steroid dienone is 1. The van der Waals surface area contributed by atoms with Gasteiger partial charge in [-0.25, -0.2) is 0 Å². The fourth-order valence-corrected chi connectivity index (χ4v) is 0.247. The molecule has 0 aromatic rings. The smallest absolute Gasteiger partial charge is 0.308 e. The standard InChI is InChI=1S/C5H6O4/c1-4(8)9-5(2-6)3-7/h2-3,6H,1H3/b5-2-. The van der Waals surface area contributed by atoms with Crippen LogP contribution in [0.3, 0.4) is 0 Å². The number of hydrogen-bond donors (Lipinski definition) is 1. The van der Waals surface area contributed by atoms with Gasteiger partial charge in [-0.1, -0.05) is 0 Å². The number of ether oxygens (including phenoxy) is 1. The van der Waals surface area contributed by atoms with Crippen molar-refractivity contribution in [3.63, 3.8) is 0 Å². The highest BCUT2D eigenvalue weighted by atomic mass is 16.5. The summed E-state index contributed by atoms with van der Waals surface area (Å²) >= 11 is 0. The molecule has 4 nitrogen and oxygen atoms in total. The first-order valence-electron chi connectivity index (χ1n) is 2.18. The second-order valence-electron chi connectivity index (χ2n) is 1.24. The molecule has 1 N–H and O–H groups in total. The van der Waals surface area contributed by atoms with E-state index in [1.165, 1.54) is 0 Å². The van der Waals surface area contributed by atoms with Gasteiger partial charge in [-0.05, 0) is 0 Å². The summed E-state index contributed by atoms with van der Waals surface area (Å²) < 4.78 is 4.15. The predicted molar refractivity (Wildman–Crippen MR) is 28.5 cm³/mol. The van der Waals surface area contributed by atoms with E-state index in [9.17, 15) is 9.59 Å². The molecule has 9 heavy (non-hydrogen) atoms. The van der Waals surface area contributed by atoms with Crippen molar-refractivity contribution in [3.05, 3.63) is 12.0 Å². The number of aldehydes is 1. The van der Waals surface area contributed by atoms with Crippen molar-refractivity contribution in [2.24, 2.45) is 0 Å². The monoisotopic (exact) mass is 130 g/mol. The molecule has 50 valence electrons. The van der Waals surface area contributed by atoms with Crippen LogP contribution in [0.5, 0.6) is 0 Å². The van der Waals surface area contributed by atoms with E-state index in [4.69, 9.17) is 5.11 Å². The van der Waals surface area contributed by atoms with Crippen molar-refractivity contribution < 1.29 is 19.4 Å². The molecule has 0 aliphatic carbocycles. The Hall–Kier alpha value is -1.32. The van der Waals surface area contributed by atoms with Crippen LogP contribution in [0, 0.1) is 0 Å². The van der Waals surface area contributed by atoms with Crippen molar-refractivity contribution in [3.8, 4) is 0 Å². The predicted octanol–water partition coefficient (Wildman–Crippen LogP) is 0.148. The van der Waals surface area contributed by atoms with Gasteiger partial charge in [0.05, 0.1) is 0 Å². The van der Waals surface area contributed by atoms with E-state index in [-0.39, 0.29) is 12.0 Å². The Morgan fingerprint density at radius 3 is 2.33 bits per heavy atom. The summed E-state index contributed by atoms with van der Waals surface area (Å²) in [6.07, 6.45) is 0.663. The largest absolute Gasteiger partial charge is 0.512 e. The maximum absolute atomic E-state index is 10.0. The Labute approximate surface area is 51.7 Å². The lowest BCUT2D eigenvalue weighted by atomic mass is 10.6. The van der Waals surface area contributed by atoms with Gasteiger partial charge in [0.25, 0.3) is 0 Å². The van der Waals surface area contributed by atoms with Crippen LogP contribution in [-0.2, 0) is 14.3 Å². The Morgan fingerprint density at radius 2 is 2.22 bits per heavy atom. The molecule has 0 rings (SSSR count). The highest BCUT2D eigenvalue weighted by molar-refractivity contribution is 5.77. The van der Waals surface area contributed by atoms with Crippen LogP contribution in [-0.4, -0.2) is 17.4 Å². The van der Waals surface area contributed by atoms with Crippen molar-refractivity contribution in [2.45, 2.75) is 6.92 Å². The minimum Gasteiger partial charge on any atom is -0.512 e. The second kappa shape index (κ2) is 3.65. The van der Waals surface area contributed by atoms with Crippen molar-refractivity contribution in [2.75, 3.05) is 0 Å². The zero-order valence-electron chi connectivity index (χ0n) is 4.83. The summed E-state index contributed by atoms with van der Waals surface area (Å²) in [4.78, 5) is 19.8. The van der Waals surface area contributed by atoms with Gasteiger partial charge in [-0.15, -0.1) is 0 Å². The van der Waals surface area contributed by atoms with Gasteiger partial charge in [-0.2, -0.15) is 0 Å². The molecule has 0 saturated heterocycles. The lowest BCUT2D eigenvalue weighted by Gasteiger charge is -1.93. The van der Waals surface area contributed by atoms with E-state index in [1.54, 1.807) is 0 Å². The Bertz CT molecular complexity index is 147. The molecule has 0 aliphatic rings.